The highest BCUT2D eigenvalue weighted by atomic mass is 32.3. The summed E-state index contributed by atoms with van der Waals surface area (Å²) in [6.07, 6.45) is 2.33. The Morgan fingerprint density at radius 1 is 1.05 bits per heavy atom. The molecule has 0 aromatic rings. The number of aliphatic hydroxyl groups is 3. The first-order chi connectivity index (χ1) is 17.7. The second-order valence-corrected chi connectivity index (χ2v) is 13.9. The lowest BCUT2D eigenvalue weighted by Gasteiger charge is -2.58. The quantitative estimate of drug-likeness (QED) is 0.281. The maximum atomic E-state index is 12.4. The monoisotopic (exact) mass is 558 g/mol. The lowest BCUT2D eigenvalue weighted by molar-refractivity contribution is -0.312. The zero-order valence-electron chi connectivity index (χ0n) is 22.4. The fourth-order valence-corrected chi connectivity index (χ4v) is 9.23. The molecule has 12 atom stereocenters. The Morgan fingerprint density at radius 2 is 1.79 bits per heavy atom. The Labute approximate surface area is 224 Å². The molecule has 0 amide bonds. The van der Waals surface area contributed by atoms with Gasteiger partial charge in [0, 0.05) is 5.92 Å². The van der Waals surface area contributed by atoms with Gasteiger partial charge in [0.25, 0.3) is 0 Å². The topological polar surface area (TPSA) is 160 Å². The Hall–Kier alpha value is -0.920. The van der Waals surface area contributed by atoms with Gasteiger partial charge in [-0.15, -0.1) is 0 Å². The molecule has 1 aliphatic heterocycles. The van der Waals surface area contributed by atoms with Gasteiger partial charge in [0.1, 0.15) is 30.2 Å². The molecule has 216 valence electrons. The van der Waals surface area contributed by atoms with Crippen molar-refractivity contribution in [1.82, 2.24) is 0 Å². The zero-order valence-corrected chi connectivity index (χ0v) is 23.2. The molecule has 4 fully saturated rings. The Balaban J connectivity index is 1.27. The minimum Gasteiger partial charge on any atom is -0.387 e. The van der Waals surface area contributed by atoms with Gasteiger partial charge < -0.3 is 24.8 Å². The number of Topliss-reactive ketones (excluding diaryl/α,β-unsaturated/α-hetero) is 1. The molecule has 10 nitrogen and oxygen atoms in total. The summed E-state index contributed by atoms with van der Waals surface area (Å²) >= 11 is 0. The minimum atomic E-state index is -4.77. The molecule has 7 unspecified atom stereocenters. The summed E-state index contributed by atoms with van der Waals surface area (Å²) in [6.45, 7) is 5.72. The number of aliphatic hydroxyl groups excluding tert-OH is 3. The van der Waals surface area contributed by atoms with Crippen LogP contribution in [0.3, 0.4) is 0 Å². The van der Waals surface area contributed by atoms with Gasteiger partial charge in [0.05, 0.1) is 12.7 Å². The lowest BCUT2D eigenvalue weighted by atomic mass is 9.47. The van der Waals surface area contributed by atoms with E-state index >= 15 is 0 Å². The van der Waals surface area contributed by atoms with Crippen LogP contribution in [0.1, 0.15) is 72.1 Å². The third kappa shape index (κ3) is 4.91. The van der Waals surface area contributed by atoms with E-state index in [0.29, 0.717) is 30.0 Å². The summed E-state index contributed by atoms with van der Waals surface area (Å²) in [7, 11) is -4.77. The molecule has 5 rings (SSSR count). The minimum absolute atomic E-state index is 0.0476. The molecule has 0 spiro atoms. The van der Waals surface area contributed by atoms with Gasteiger partial charge in [-0.25, -0.2) is 4.18 Å². The molecule has 11 heteroatoms. The molecule has 1 saturated heterocycles. The van der Waals surface area contributed by atoms with Gasteiger partial charge in [0.15, 0.2) is 6.29 Å². The van der Waals surface area contributed by atoms with Crippen LogP contribution in [0.25, 0.3) is 0 Å². The summed E-state index contributed by atoms with van der Waals surface area (Å²) in [5.41, 5.74) is 1.49. The average molecular weight is 559 g/mol. The molecule has 5 aliphatic rings. The maximum absolute atomic E-state index is 12.4. The molecule has 3 saturated carbocycles. The highest BCUT2D eigenvalue weighted by Crippen LogP contribution is 2.66. The van der Waals surface area contributed by atoms with Crippen LogP contribution in [0, 0.1) is 34.5 Å². The number of ether oxygens (including phenoxy) is 2. The Kier molecular flexibility index (Phi) is 7.65. The van der Waals surface area contributed by atoms with Crippen molar-refractivity contribution >= 4 is 16.2 Å². The second-order valence-electron chi connectivity index (χ2n) is 12.8. The lowest BCUT2D eigenvalue weighted by Crippen LogP contribution is -2.60. The number of hydrogen-bond donors (Lipinski definition) is 4. The van der Waals surface area contributed by atoms with E-state index in [9.17, 15) is 28.5 Å². The van der Waals surface area contributed by atoms with E-state index < -0.39 is 47.7 Å². The largest absolute Gasteiger partial charge is 0.397 e. The molecule has 38 heavy (non-hydrogen) atoms. The Bertz CT molecular complexity index is 1060. The van der Waals surface area contributed by atoms with Crippen molar-refractivity contribution in [3.05, 3.63) is 11.6 Å². The van der Waals surface area contributed by atoms with Crippen LogP contribution in [-0.2, 0) is 28.9 Å². The van der Waals surface area contributed by atoms with Crippen molar-refractivity contribution in [3.8, 4) is 0 Å². The van der Waals surface area contributed by atoms with Gasteiger partial charge in [-0.05, 0) is 86.9 Å². The van der Waals surface area contributed by atoms with E-state index in [2.05, 4.69) is 24.1 Å². The molecule has 0 aromatic carbocycles. The molecule has 1 heterocycles. The predicted molar refractivity (Wildman–Crippen MR) is 135 cm³/mol. The summed E-state index contributed by atoms with van der Waals surface area (Å²) in [6, 6.07) is 0. The third-order valence-electron chi connectivity index (χ3n) is 10.9. The summed E-state index contributed by atoms with van der Waals surface area (Å²) in [5, 5.41) is 31.0. The second kappa shape index (κ2) is 10.2. The average Bonchev–Trinajstić information content (AvgIpc) is 3.20. The molecular weight excluding hydrogens is 516 g/mol. The van der Waals surface area contributed by atoms with E-state index in [1.807, 2.05) is 0 Å². The maximum Gasteiger partial charge on any atom is 0.397 e. The smallest absolute Gasteiger partial charge is 0.387 e. The van der Waals surface area contributed by atoms with Crippen molar-refractivity contribution in [1.29, 1.82) is 0 Å². The van der Waals surface area contributed by atoms with Gasteiger partial charge in [-0.1, -0.05) is 25.5 Å². The number of fused-ring (bicyclic) bond motifs is 5. The number of carbonyl (C=O) groups excluding carboxylic acids is 1. The predicted octanol–water partition coefficient (Wildman–Crippen LogP) is 2.17. The van der Waals surface area contributed by atoms with Crippen LogP contribution in [0.4, 0.5) is 0 Å². The van der Waals surface area contributed by atoms with Crippen LogP contribution in [0.15, 0.2) is 11.6 Å². The number of hydrogen-bond acceptors (Lipinski definition) is 9. The van der Waals surface area contributed by atoms with E-state index in [0.717, 1.165) is 44.9 Å². The number of carbonyl (C=O) groups is 1. The van der Waals surface area contributed by atoms with Gasteiger partial charge >= 0.3 is 10.4 Å². The van der Waals surface area contributed by atoms with Crippen LogP contribution >= 0.6 is 0 Å². The first kappa shape index (κ1) is 28.6. The third-order valence-corrected chi connectivity index (χ3v) is 11.4. The fraction of sp³-hybridized carbons (Fsp3) is 0.889. The summed E-state index contributed by atoms with van der Waals surface area (Å²) < 4.78 is 46.7. The highest BCUT2D eigenvalue weighted by Gasteiger charge is 2.59. The molecular formula is C27H42O10S. The van der Waals surface area contributed by atoms with E-state index in [-0.39, 0.29) is 22.9 Å². The standard InChI is InChI=1S/C27H42O10S/c1-14(28)18-6-7-19-17-5-4-15-12-16(8-10-26(15,2)20(17)9-11-27(18,19)3)36-25-24(31)23(30)22(29)21(37-25)13-35-38(32,33)34/h4,16-25,29-31H,5-13H2,1-3H3,(H,32,33,34)/t16-,17-,18+,19?,20?,21?,22?,23?,24?,25?,26-,27+/m0/s1. The normalized spacial score (nSPS) is 49.0. The van der Waals surface area contributed by atoms with Crippen molar-refractivity contribution in [3.63, 3.8) is 0 Å². The molecule has 0 bridgehead atoms. The van der Waals surface area contributed by atoms with Crippen molar-refractivity contribution < 1.29 is 46.7 Å². The van der Waals surface area contributed by atoms with Crippen LogP contribution in [0.5, 0.6) is 0 Å². The molecule has 0 aromatic heterocycles. The van der Waals surface area contributed by atoms with Gasteiger partial charge in [-0.2, -0.15) is 8.42 Å². The van der Waals surface area contributed by atoms with Crippen molar-refractivity contribution in [2.24, 2.45) is 34.5 Å². The van der Waals surface area contributed by atoms with Crippen LogP contribution in [-0.4, -0.2) is 77.5 Å². The molecule has 4 N–H and O–H groups in total. The number of allylic oxidation sites excluding steroid dienone is 1. The van der Waals surface area contributed by atoms with E-state index in [4.69, 9.17) is 14.0 Å². The van der Waals surface area contributed by atoms with E-state index in [1.54, 1.807) is 6.92 Å². The van der Waals surface area contributed by atoms with E-state index in [1.165, 1.54) is 5.57 Å². The number of ketones is 1. The molecule has 0 radical (unpaired) electrons. The number of rotatable bonds is 6. The first-order valence-electron chi connectivity index (χ1n) is 13.9. The first-order valence-corrected chi connectivity index (χ1v) is 15.3. The van der Waals surface area contributed by atoms with Crippen molar-refractivity contribution in [2.45, 2.75) is 109 Å². The van der Waals surface area contributed by atoms with Gasteiger partial charge in [0.2, 0.25) is 0 Å². The van der Waals surface area contributed by atoms with Crippen molar-refractivity contribution in [2.75, 3.05) is 6.61 Å². The molecule has 4 aliphatic carbocycles. The SMILES string of the molecule is CC(=O)[C@H]1CCC2[C@@H]3CC=C4C[C@@H](OC5OC(COS(=O)(=O)O)C(O)C(O)C5O)CC[C@]4(C)C3CC[C@@]21C. The highest BCUT2D eigenvalue weighted by molar-refractivity contribution is 7.80. The Morgan fingerprint density at radius 3 is 2.47 bits per heavy atom. The van der Waals surface area contributed by atoms with Crippen LogP contribution < -0.4 is 0 Å². The summed E-state index contributed by atoms with van der Waals surface area (Å²) in [5.74, 6) is 2.22. The summed E-state index contributed by atoms with van der Waals surface area (Å²) in [4.78, 5) is 12.4. The zero-order chi connectivity index (χ0) is 27.6. The fourth-order valence-electron chi connectivity index (χ4n) is 8.92. The van der Waals surface area contributed by atoms with Gasteiger partial charge in [-0.3, -0.25) is 9.35 Å². The van der Waals surface area contributed by atoms with Crippen LogP contribution in [0.2, 0.25) is 0 Å².